The highest BCUT2D eigenvalue weighted by atomic mass is 14.1. The van der Waals surface area contributed by atoms with Crippen LogP contribution in [0.3, 0.4) is 0 Å². The molecule has 0 aliphatic heterocycles. The Morgan fingerprint density at radius 1 is 0.122 bits per heavy atom. The Morgan fingerprint density at radius 3 is 0.756 bits per heavy atom. The van der Waals surface area contributed by atoms with Gasteiger partial charge in [0.2, 0.25) is 0 Å². The predicted octanol–water partition coefficient (Wildman–Crippen LogP) is 26.3. The molecule has 0 aliphatic carbocycles. The Hall–Kier alpha value is -17.1. The van der Waals surface area contributed by atoms with Gasteiger partial charge in [-0.3, -0.25) is 0 Å². The normalized spacial score (nSPS) is 9.50. The summed E-state index contributed by atoms with van der Waals surface area (Å²) in [6.07, 6.45) is 0. The summed E-state index contributed by atoms with van der Waals surface area (Å²) >= 11 is 0. The van der Waals surface area contributed by atoms with Gasteiger partial charge in [-0.15, -0.1) is 0 Å². The van der Waals surface area contributed by atoms with Crippen molar-refractivity contribution in [2.45, 2.75) is 34.6 Å². The molecular weight excluding hydrogens is 1480 g/mol. The van der Waals surface area contributed by atoms with Crippen LogP contribution in [0, 0.1) is 153 Å². The van der Waals surface area contributed by atoms with E-state index in [9.17, 15) is 0 Å². The van der Waals surface area contributed by atoms with Crippen LogP contribution in [-0.2, 0) is 0 Å². The molecule has 0 unspecified atom stereocenters. The lowest BCUT2D eigenvalue weighted by Crippen LogP contribution is -1.87. The van der Waals surface area contributed by atoms with Gasteiger partial charge in [-0.1, -0.05) is 360 Å². The van der Waals surface area contributed by atoms with E-state index in [1.54, 1.807) is 0 Å². The zero-order chi connectivity index (χ0) is 84.7. The molecule has 0 radical (unpaired) electrons. The molecule has 0 heterocycles. The molecule has 0 nitrogen and oxygen atoms in total. The van der Waals surface area contributed by atoms with Crippen molar-refractivity contribution in [1.82, 2.24) is 0 Å². The van der Waals surface area contributed by atoms with Crippen LogP contribution in [0.1, 0.15) is 139 Å². The van der Waals surface area contributed by atoms with Gasteiger partial charge in [0.1, 0.15) is 0 Å². The lowest BCUT2D eigenvalue weighted by Gasteiger charge is -2.04. The summed E-state index contributed by atoms with van der Waals surface area (Å²) in [5.41, 5.74) is 26.0. The molecule has 0 saturated carbocycles. The van der Waals surface area contributed by atoms with Crippen molar-refractivity contribution in [2.75, 3.05) is 0 Å². The molecule has 0 aromatic heterocycles. The van der Waals surface area contributed by atoms with Crippen LogP contribution in [0.5, 0.6) is 0 Å². The first-order valence-corrected chi connectivity index (χ1v) is 40.6. The van der Waals surface area contributed by atoms with E-state index in [1.165, 1.54) is 44.0 Å². The Balaban J connectivity index is 0.000000133. The molecule has 0 saturated heterocycles. The molecule has 0 amide bonds. The maximum atomic E-state index is 3.35. The SMILES string of the molecule is Cc1cc(C#Cc2ccccc2)cc(C#Cc2ccccc2)c1.Cc1ccc(C#Cc2ccccc2)c(C#Cc2ccccc2)c1.Cc1ccc(C#Cc2ccccc2)cc1C#Cc1ccccc1.Cc1ccc2cc(C#Cc3ccccc3)c(C#Cc3ccccc3)cc2c1.Cc1ccc2cc(C#Cc3ccccc3)cc(C#Cc3ccccc3)c2c1. The zero-order valence-corrected chi connectivity index (χ0v) is 69.3. The van der Waals surface area contributed by atoms with Crippen LogP contribution in [0.15, 0.2) is 419 Å². The van der Waals surface area contributed by atoms with Crippen molar-refractivity contribution in [3.05, 3.63) is 558 Å². The van der Waals surface area contributed by atoms with Gasteiger partial charge in [0.05, 0.1) is 0 Å². The van der Waals surface area contributed by atoms with E-state index in [2.05, 4.69) is 250 Å². The average molecular weight is 1560 g/mol. The van der Waals surface area contributed by atoms with Crippen LogP contribution < -0.4 is 0 Å². The molecule has 17 aromatic rings. The summed E-state index contributed by atoms with van der Waals surface area (Å²) in [5.74, 6) is 64.9. The summed E-state index contributed by atoms with van der Waals surface area (Å²) < 4.78 is 0. The fourth-order valence-corrected chi connectivity index (χ4v) is 12.5. The van der Waals surface area contributed by atoms with E-state index in [0.29, 0.717) is 0 Å². The first-order valence-electron chi connectivity index (χ1n) is 40.6. The number of hydrogen-bond acceptors (Lipinski definition) is 0. The molecule has 0 fully saturated rings. The molecule has 0 heteroatoms. The molecule has 17 rings (SSSR count). The highest BCUT2D eigenvalue weighted by Gasteiger charge is 2.07. The Morgan fingerprint density at radius 2 is 0.382 bits per heavy atom. The minimum atomic E-state index is 0.957. The van der Waals surface area contributed by atoms with Crippen molar-refractivity contribution in [2.24, 2.45) is 0 Å². The van der Waals surface area contributed by atoms with Crippen molar-refractivity contribution in [3.63, 3.8) is 0 Å². The number of rotatable bonds is 0. The second kappa shape index (κ2) is 44.8. The van der Waals surface area contributed by atoms with E-state index in [0.717, 1.165) is 117 Å². The van der Waals surface area contributed by atoms with Crippen molar-refractivity contribution in [1.29, 1.82) is 0 Å². The molecule has 0 atom stereocenters. The maximum absolute atomic E-state index is 3.35. The van der Waals surface area contributed by atoms with Gasteiger partial charge < -0.3 is 0 Å². The lowest BCUT2D eigenvalue weighted by molar-refractivity contribution is 1.42. The molecule has 0 N–H and O–H groups in total. The largest absolute Gasteiger partial charge is 0.0622 e. The molecule has 0 aliphatic rings. The van der Waals surface area contributed by atoms with Crippen molar-refractivity contribution >= 4 is 21.5 Å². The summed E-state index contributed by atoms with van der Waals surface area (Å²) in [5, 5.41) is 4.71. The fourth-order valence-electron chi connectivity index (χ4n) is 12.5. The predicted molar refractivity (Wildman–Crippen MR) is 515 cm³/mol. The maximum Gasteiger partial charge on any atom is 0.0412 e. The van der Waals surface area contributed by atoms with E-state index >= 15 is 0 Å². The van der Waals surface area contributed by atoms with Gasteiger partial charge in [-0.25, -0.2) is 0 Å². The van der Waals surface area contributed by atoms with Gasteiger partial charge in [0.25, 0.3) is 0 Å². The molecular formula is C123H84. The van der Waals surface area contributed by atoms with Crippen LogP contribution in [-0.4, -0.2) is 0 Å². The molecule has 0 spiro atoms. The number of hydrogen-bond donors (Lipinski definition) is 0. The molecule has 123 heavy (non-hydrogen) atoms. The summed E-state index contributed by atoms with van der Waals surface area (Å²) in [7, 11) is 0. The van der Waals surface area contributed by atoms with E-state index in [-0.39, 0.29) is 0 Å². The Labute approximate surface area is 727 Å². The first kappa shape index (κ1) is 83.8. The monoisotopic (exact) mass is 1560 g/mol. The Bertz CT molecular complexity index is 7120. The van der Waals surface area contributed by atoms with Gasteiger partial charge in [0, 0.05) is 111 Å². The molecule has 17 aromatic carbocycles. The summed E-state index contributed by atoms with van der Waals surface area (Å²) in [4.78, 5) is 0. The van der Waals surface area contributed by atoms with E-state index < -0.39 is 0 Å². The van der Waals surface area contributed by atoms with Crippen LogP contribution >= 0.6 is 0 Å². The highest BCUT2D eigenvalue weighted by molar-refractivity contribution is 5.91. The lowest BCUT2D eigenvalue weighted by atomic mass is 9.99. The third-order valence-electron chi connectivity index (χ3n) is 18.9. The van der Waals surface area contributed by atoms with Gasteiger partial charge in [-0.05, 0) is 261 Å². The number of aryl methyl sites for hydroxylation is 5. The van der Waals surface area contributed by atoms with Crippen LogP contribution in [0.4, 0.5) is 0 Å². The third kappa shape index (κ3) is 27.5. The second-order valence-corrected chi connectivity index (χ2v) is 28.8. The van der Waals surface area contributed by atoms with Crippen LogP contribution in [0.25, 0.3) is 21.5 Å². The molecule has 576 valence electrons. The highest BCUT2D eigenvalue weighted by Crippen LogP contribution is 2.25. The standard InChI is InChI=1S/2C27H18.3C23H16/c1-21-12-15-26-19-24(16-13-22-8-4-2-5-9-22)25(20-27(26)18-21)17-14-23-10-6-3-7-11-23;1-21-12-16-25-19-24(14-13-22-8-4-2-5-9-22)20-26(27(25)18-21)17-15-23-10-6-3-7-11-23;1-19-12-15-22(16-13-20-8-4-2-5-9-20)23(18-19)17-14-21-10-6-3-7-11-21;1-19-16-22(14-12-20-8-4-2-5-9-20)18-23(17-19)15-13-21-10-6-3-7-11-21;1-19-12-13-22(15-14-20-8-4-2-5-9-20)18-23(19)17-16-21-10-6-3-7-11-21/h2-12,15,18-20H,1H3;2-12,16,18-20H,1H3;2-12,15,18H,1H3;2-11,16-18H,1H3;2-13,18H,1H3. The van der Waals surface area contributed by atoms with Crippen LogP contribution in [0.2, 0.25) is 0 Å². The quantitative estimate of drug-likeness (QED) is 0.133. The average Bonchev–Trinajstić information content (AvgIpc) is 0.806. The molecule has 0 bridgehead atoms. The topological polar surface area (TPSA) is 0 Å². The van der Waals surface area contributed by atoms with Gasteiger partial charge in [-0.2, -0.15) is 0 Å². The smallest absolute Gasteiger partial charge is 0.0412 e. The fraction of sp³-hybridized carbons (Fsp3) is 0.0407. The van der Waals surface area contributed by atoms with Gasteiger partial charge >= 0.3 is 0 Å². The van der Waals surface area contributed by atoms with Crippen molar-refractivity contribution < 1.29 is 0 Å². The zero-order valence-electron chi connectivity index (χ0n) is 69.3. The minimum absolute atomic E-state index is 0.957. The summed E-state index contributed by atoms with van der Waals surface area (Å²) in [6.45, 7) is 10.4. The summed E-state index contributed by atoms with van der Waals surface area (Å²) in [6, 6.07) is 140. The number of fused-ring (bicyclic) bond motifs is 2. The van der Waals surface area contributed by atoms with E-state index in [1.807, 2.05) is 322 Å². The number of benzene rings is 17. The van der Waals surface area contributed by atoms with Gasteiger partial charge in [0.15, 0.2) is 0 Å². The minimum Gasteiger partial charge on any atom is -0.0622 e. The van der Waals surface area contributed by atoms with Crippen molar-refractivity contribution in [3.8, 4) is 118 Å². The Kier molecular flexibility index (Phi) is 30.5. The second-order valence-electron chi connectivity index (χ2n) is 28.8. The first-order chi connectivity index (χ1) is 60.5. The van der Waals surface area contributed by atoms with E-state index in [4.69, 9.17) is 0 Å². The third-order valence-corrected chi connectivity index (χ3v) is 18.9.